The van der Waals surface area contributed by atoms with E-state index in [0.29, 0.717) is 4.88 Å². The van der Waals surface area contributed by atoms with Gasteiger partial charge in [-0.3, -0.25) is 4.79 Å². The van der Waals surface area contributed by atoms with Crippen LogP contribution in [0.5, 0.6) is 0 Å². The van der Waals surface area contributed by atoms with E-state index in [4.69, 9.17) is 0 Å². The summed E-state index contributed by atoms with van der Waals surface area (Å²) in [5, 5.41) is 0. The van der Waals surface area contributed by atoms with Gasteiger partial charge in [0.25, 0.3) is 0 Å². The lowest BCUT2D eigenvalue weighted by Crippen LogP contribution is -2.18. The molecule has 0 N–H and O–H groups in total. The maximum absolute atomic E-state index is 11.7. The van der Waals surface area contributed by atoms with E-state index in [0.717, 1.165) is 11.3 Å². The van der Waals surface area contributed by atoms with Crippen LogP contribution < -0.4 is 0 Å². The van der Waals surface area contributed by atoms with Crippen LogP contribution in [0.2, 0.25) is 0 Å². The molecule has 6 heteroatoms. The molecule has 0 unspecified atom stereocenters. The summed E-state index contributed by atoms with van der Waals surface area (Å²) >= 11 is 1.38. The fourth-order valence-corrected chi connectivity index (χ4v) is 2.11. The summed E-state index contributed by atoms with van der Waals surface area (Å²) in [4.78, 5) is 13.2. The summed E-state index contributed by atoms with van der Waals surface area (Å²) in [7, 11) is 0. The van der Waals surface area contributed by atoms with Gasteiger partial charge in [-0.2, -0.15) is 13.2 Å². The third kappa shape index (κ3) is 5.32. The van der Waals surface area contributed by atoms with Crippen LogP contribution in [0.1, 0.15) is 27.9 Å². The summed E-state index contributed by atoms with van der Waals surface area (Å²) in [6, 6.07) is 3.56. The fourth-order valence-electron chi connectivity index (χ4n) is 1.19. The van der Waals surface area contributed by atoms with Crippen molar-refractivity contribution >= 4 is 17.1 Å². The standard InChI is InChI=1S/C11H13F3O2S/c1-2-8-3-4-10(17-8)9(15)5-6-16-7-11(12,13)14/h3-4H,2,5-7H2,1H3. The van der Waals surface area contributed by atoms with Crippen LogP contribution in [-0.2, 0) is 11.2 Å². The number of Topliss-reactive ketones (excluding diaryl/α,β-unsaturated/α-hetero) is 1. The van der Waals surface area contributed by atoms with Crippen molar-refractivity contribution in [2.75, 3.05) is 13.2 Å². The molecular weight excluding hydrogens is 253 g/mol. The van der Waals surface area contributed by atoms with E-state index in [2.05, 4.69) is 4.74 Å². The van der Waals surface area contributed by atoms with Crippen LogP contribution in [-0.4, -0.2) is 25.2 Å². The molecule has 1 aromatic rings. The number of rotatable bonds is 6. The quantitative estimate of drug-likeness (QED) is 0.582. The van der Waals surface area contributed by atoms with Crippen molar-refractivity contribution < 1.29 is 22.7 Å². The minimum absolute atomic E-state index is 0.0141. The molecule has 0 radical (unpaired) electrons. The fraction of sp³-hybridized carbons (Fsp3) is 0.545. The van der Waals surface area contributed by atoms with Gasteiger partial charge in [0.15, 0.2) is 5.78 Å². The molecule has 0 spiro atoms. The summed E-state index contributed by atoms with van der Waals surface area (Å²) in [5.74, 6) is -0.170. The molecule has 2 nitrogen and oxygen atoms in total. The first-order valence-corrected chi connectivity index (χ1v) is 6.00. The Kier molecular flexibility index (Phi) is 5.14. The van der Waals surface area contributed by atoms with E-state index < -0.39 is 12.8 Å². The second-order valence-corrected chi connectivity index (χ2v) is 4.63. The Morgan fingerprint density at radius 3 is 2.65 bits per heavy atom. The average Bonchev–Trinajstić information content (AvgIpc) is 2.71. The monoisotopic (exact) mass is 266 g/mol. The molecule has 0 aliphatic rings. The van der Waals surface area contributed by atoms with E-state index in [1.54, 1.807) is 6.07 Å². The molecule has 1 aromatic heterocycles. The number of hydrogen-bond donors (Lipinski definition) is 0. The van der Waals surface area contributed by atoms with Gasteiger partial charge < -0.3 is 4.74 Å². The van der Waals surface area contributed by atoms with Crippen molar-refractivity contribution in [2.45, 2.75) is 25.9 Å². The first-order valence-electron chi connectivity index (χ1n) is 5.19. The van der Waals surface area contributed by atoms with Gasteiger partial charge in [-0.1, -0.05) is 6.92 Å². The highest BCUT2D eigenvalue weighted by molar-refractivity contribution is 7.14. The van der Waals surface area contributed by atoms with Crippen molar-refractivity contribution in [3.63, 3.8) is 0 Å². The van der Waals surface area contributed by atoms with E-state index in [9.17, 15) is 18.0 Å². The molecule has 0 amide bonds. The van der Waals surface area contributed by atoms with Gasteiger partial charge in [0.2, 0.25) is 0 Å². The number of carbonyl (C=O) groups excluding carboxylic acids is 1. The first-order chi connectivity index (χ1) is 7.92. The number of alkyl halides is 3. The molecule has 0 bridgehead atoms. The van der Waals surface area contributed by atoms with E-state index in [1.165, 1.54) is 11.3 Å². The Hall–Kier alpha value is -0.880. The maximum Gasteiger partial charge on any atom is 0.411 e. The number of ether oxygens (including phenoxy) is 1. The van der Waals surface area contributed by atoms with Gasteiger partial charge >= 0.3 is 6.18 Å². The summed E-state index contributed by atoms with van der Waals surface area (Å²) in [6.07, 6.45) is -3.50. The third-order valence-electron chi connectivity index (χ3n) is 2.02. The van der Waals surface area contributed by atoms with Crippen molar-refractivity contribution in [2.24, 2.45) is 0 Å². The number of aryl methyl sites for hydroxylation is 1. The Balaban J connectivity index is 2.30. The van der Waals surface area contributed by atoms with E-state index in [-0.39, 0.29) is 18.8 Å². The van der Waals surface area contributed by atoms with Gasteiger partial charge in [0.1, 0.15) is 6.61 Å². The smallest absolute Gasteiger partial charge is 0.372 e. The lowest BCUT2D eigenvalue weighted by Gasteiger charge is -2.06. The second kappa shape index (κ2) is 6.16. The Morgan fingerprint density at radius 1 is 1.41 bits per heavy atom. The molecule has 0 aromatic carbocycles. The van der Waals surface area contributed by atoms with Crippen LogP contribution in [0.3, 0.4) is 0 Å². The molecule has 0 fully saturated rings. The van der Waals surface area contributed by atoms with Gasteiger partial charge in [-0.05, 0) is 18.6 Å². The van der Waals surface area contributed by atoms with E-state index >= 15 is 0 Å². The van der Waals surface area contributed by atoms with E-state index in [1.807, 2.05) is 13.0 Å². The Labute approximate surface area is 101 Å². The largest absolute Gasteiger partial charge is 0.411 e. The normalized spacial score (nSPS) is 11.8. The minimum Gasteiger partial charge on any atom is -0.372 e. The number of ketones is 1. The lowest BCUT2D eigenvalue weighted by atomic mass is 10.2. The predicted octanol–water partition coefficient (Wildman–Crippen LogP) is 3.46. The molecule has 0 atom stereocenters. The summed E-state index contributed by atoms with van der Waals surface area (Å²) < 4.78 is 39.6. The van der Waals surface area contributed by atoms with Crippen molar-refractivity contribution in [1.82, 2.24) is 0 Å². The van der Waals surface area contributed by atoms with Crippen molar-refractivity contribution in [3.8, 4) is 0 Å². The zero-order valence-corrected chi connectivity index (χ0v) is 10.2. The minimum atomic E-state index is -4.33. The molecule has 1 rings (SSSR count). The van der Waals surface area contributed by atoms with Crippen LogP contribution in [0, 0.1) is 0 Å². The summed E-state index contributed by atoms with van der Waals surface area (Å²) in [5.41, 5.74) is 0. The highest BCUT2D eigenvalue weighted by Crippen LogP contribution is 2.19. The molecule has 1 heterocycles. The van der Waals surface area contributed by atoms with Gasteiger partial charge in [-0.25, -0.2) is 0 Å². The molecule has 0 aliphatic heterocycles. The molecule has 17 heavy (non-hydrogen) atoms. The van der Waals surface area contributed by atoms with Crippen LogP contribution >= 0.6 is 11.3 Å². The number of halogens is 3. The van der Waals surface area contributed by atoms with Crippen LogP contribution in [0.4, 0.5) is 13.2 Å². The topological polar surface area (TPSA) is 26.3 Å². The van der Waals surface area contributed by atoms with Crippen LogP contribution in [0.25, 0.3) is 0 Å². The molecule has 0 saturated carbocycles. The second-order valence-electron chi connectivity index (χ2n) is 3.46. The Morgan fingerprint density at radius 2 is 2.12 bits per heavy atom. The van der Waals surface area contributed by atoms with Gasteiger partial charge in [0, 0.05) is 11.3 Å². The first kappa shape index (κ1) is 14.2. The summed E-state index contributed by atoms with van der Waals surface area (Å²) in [6.45, 7) is 0.481. The number of carbonyl (C=O) groups is 1. The molecule has 0 aliphatic carbocycles. The maximum atomic E-state index is 11.7. The number of thiophene rings is 1. The highest BCUT2D eigenvalue weighted by Gasteiger charge is 2.27. The zero-order chi connectivity index (χ0) is 12.9. The average molecular weight is 266 g/mol. The molecule has 0 saturated heterocycles. The van der Waals surface area contributed by atoms with Gasteiger partial charge in [0.05, 0.1) is 11.5 Å². The number of hydrogen-bond acceptors (Lipinski definition) is 3. The van der Waals surface area contributed by atoms with Crippen molar-refractivity contribution in [1.29, 1.82) is 0 Å². The highest BCUT2D eigenvalue weighted by atomic mass is 32.1. The molecular formula is C11H13F3O2S. The third-order valence-corrected chi connectivity index (χ3v) is 3.29. The predicted molar refractivity (Wildman–Crippen MR) is 59.5 cm³/mol. The molecule has 96 valence electrons. The zero-order valence-electron chi connectivity index (χ0n) is 9.34. The van der Waals surface area contributed by atoms with Crippen molar-refractivity contribution in [3.05, 3.63) is 21.9 Å². The SMILES string of the molecule is CCc1ccc(C(=O)CCOCC(F)(F)F)s1. The van der Waals surface area contributed by atoms with Crippen LogP contribution in [0.15, 0.2) is 12.1 Å². The van der Waals surface area contributed by atoms with Gasteiger partial charge in [-0.15, -0.1) is 11.3 Å². The Bertz CT molecular complexity index is 371. The lowest BCUT2D eigenvalue weighted by molar-refractivity contribution is -0.173.